The van der Waals surface area contributed by atoms with Crippen LogP contribution in [-0.2, 0) is 6.61 Å². The van der Waals surface area contributed by atoms with Gasteiger partial charge in [0, 0.05) is 19.7 Å². The van der Waals surface area contributed by atoms with Crippen LogP contribution in [0.2, 0.25) is 0 Å². The zero-order valence-electron chi connectivity index (χ0n) is 10.6. The fourth-order valence-electron chi connectivity index (χ4n) is 1.71. The lowest BCUT2D eigenvalue weighted by Gasteiger charge is -2.15. The highest BCUT2D eigenvalue weighted by molar-refractivity contribution is 7.71. The van der Waals surface area contributed by atoms with Gasteiger partial charge in [-0.15, -0.1) is 0 Å². The number of aromatic amines is 1. The number of halogens is 1. The lowest BCUT2D eigenvalue weighted by Crippen LogP contribution is -2.14. The average Bonchev–Trinajstić information content (AvgIpc) is 2.38. The maximum atomic E-state index is 13.0. The van der Waals surface area contributed by atoms with Crippen LogP contribution in [0.1, 0.15) is 5.56 Å². The van der Waals surface area contributed by atoms with Gasteiger partial charge in [0.15, 0.2) is 0 Å². The van der Waals surface area contributed by atoms with E-state index in [1.807, 2.05) is 14.1 Å². The van der Waals surface area contributed by atoms with E-state index < -0.39 is 0 Å². The zero-order chi connectivity index (χ0) is 14.0. The first-order valence-corrected chi connectivity index (χ1v) is 6.11. The number of rotatable bonds is 3. The number of aliphatic hydroxyl groups is 1. The van der Waals surface area contributed by atoms with Gasteiger partial charge in [0.2, 0.25) is 5.95 Å². The van der Waals surface area contributed by atoms with E-state index in [-0.39, 0.29) is 12.4 Å². The molecule has 2 aromatic rings. The Hall–Kier alpha value is -1.79. The molecule has 1 heterocycles. The summed E-state index contributed by atoms with van der Waals surface area (Å²) in [5.41, 5.74) is 1.94. The molecule has 0 aliphatic heterocycles. The van der Waals surface area contributed by atoms with Crippen LogP contribution in [0.5, 0.6) is 0 Å². The van der Waals surface area contributed by atoms with Crippen LogP contribution in [0.25, 0.3) is 11.3 Å². The van der Waals surface area contributed by atoms with Crippen molar-refractivity contribution in [1.29, 1.82) is 0 Å². The van der Waals surface area contributed by atoms with Gasteiger partial charge in [0.25, 0.3) is 0 Å². The molecule has 0 fully saturated rings. The summed E-state index contributed by atoms with van der Waals surface area (Å²) >= 11 is 5.18. The van der Waals surface area contributed by atoms with E-state index in [9.17, 15) is 9.50 Å². The summed E-state index contributed by atoms with van der Waals surface area (Å²) in [6.07, 6.45) is 0. The SMILES string of the molecule is CN(C)c1nc(=S)c(CO)c(-c2ccc(F)cc2)[nH]1. The van der Waals surface area contributed by atoms with Gasteiger partial charge in [-0.05, 0) is 29.8 Å². The molecular formula is C13H14FN3OS. The highest BCUT2D eigenvalue weighted by Gasteiger charge is 2.11. The van der Waals surface area contributed by atoms with Crippen LogP contribution >= 0.6 is 12.2 Å². The Labute approximate surface area is 115 Å². The molecule has 6 heteroatoms. The van der Waals surface area contributed by atoms with E-state index in [4.69, 9.17) is 12.2 Å². The summed E-state index contributed by atoms with van der Waals surface area (Å²) < 4.78 is 13.3. The van der Waals surface area contributed by atoms with Crippen LogP contribution in [0, 0.1) is 10.5 Å². The van der Waals surface area contributed by atoms with Crippen LogP contribution in [0.15, 0.2) is 24.3 Å². The minimum Gasteiger partial charge on any atom is -0.391 e. The van der Waals surface area contributed by atoms with Gasteiger partial charge >= 0.3 is 0 Å². The van der Waals surface area contributed by atoms with E-state index in [1.165, 1.54) is 12.1 Å². The molecular weight excluding hydrogens is 265 g/mol. The number of aliphatic hydroxyl groups excluding tert-OH is 1. The van der Waals surface area contributed by atoms with Crippen molar-refractivity contribution in [3.8, 4) is 11.3 Å². The highest BCUT2D eigenvalue weighted by Crippen LogP contribution is 2.24. The number of aromatic nitrogens is 2. The Kier molecular flexibility index (Phi) is 3.92. The predicted molar refractivity (Wildman–Crippen MR) is 75.1 cm³/mol. The Morgan fingerprint density at radius 1 is 1.32 bits per heavy atom. The second kappa shape index (κ2) is 5.46. The Bertz CT molecular complexity index is 637. The second-order valence-corrected chi connectivity index (χ2v) is 4.67. The third-order valence-corrected chi connectivity index (χ3v) is 3.06. The quantitative estimate of drug-likeness (QED) is 0.848. The highest BCUT2D eigenvalue weighted by atomic mass is 32.1. The maximum Gasteiger partial charge on any atom is 0.204 e. The van der Waals surface area contributed by atoms with E-state index in [0.29, 0.717) is 21.8 Å². The number of nitrogens with zero attached hydrogens (tertiary/aromatic N) is 2. The minimum absolute atomic E-state index is 0.219. The van der Waals surface area contributed by atoms with Crippen molar-refractivity contribution in [2.24, 2.45) is 0 Å². The number of hydrogen-bond donors (Lipinski definition) is 2. The number of nitrogens with one attached hydrogen (secondary N) is 1. The number of anilines is 1. The fraction of sp³-hybridized carbons (Fsp3) is 0.231. The smallest absolute Gasteiger partial charge is 0.204 e. The van der Waals surface area contributed by atoms with Gasteiger partial charge < -0.3 is 15.0 Å². The maximum absolute atomic E-state index is 13.0. The normalized spacial score (nSPS) is 10.5. The number of benzene rings is 1. The summed E-state index contributed by atoms with van der Waals surface area (Å²) in [6.45, 7) is -0.219. The molecule has 1 aromatic carbocycles. The monoisotopic (exact) mass is 279 g/mol. The van der Waals surface area contributed by atoms with Gasteiger partial charge in [0.1, 0.15) is 10.5 Å². The third kappa shape index (κ3) is 2.80. The lowest BCUT2D eigenvalue weighted by atomic mass is 10.1. The average molecular weight is 279 g/mol. The molecule has 2 N–H and O–H groups in total. The molecule has 1 aromatic heterocycles. The van der Waals surface area contributed by atoms with Crippen LogP contribution < -0.4 is 4.90 Å². The first-order chi connectivity index (χ1) is 9.02. The first kappa shape index (κ1) is 13.6. The topological polar surface area (TPSA) is 52.1 Å². The Morgan fingerprint density at radius 2 is 1.95 bits per heavy atom. The molecule has 0 bridgehead atoms. The van der Waals surface area contributed by atoms with Gasteiger partial charge in [-0.1, -0.05) is 12.2 Å². The molecule has 0 saturated carbocycles. The van der Waals surface area contributed by atoms with Gasteiger partial charge in [0.05, 0.1) is 12.3 Å². The molecule has 0 radical (unpaired) electrons. The molecule has 4 nitrogen and oxygen atoms in total. The summed E-state index contributed by atoms with van der Waals surface area (Å²) in [5.74, 6) is 0.274. The fourth-order valence-corrected chi connectivity index (χ4v) is 1.96. The molecule has 19 heavy (non-hydrogen) atoms. The van der Waals surface area contributed by atoms with Crippen molar-refractivity contribution in [3.05, 3.63) is 40.3 Å². The summed E-state index contributed by atoms with van der Waals surface area (Å²) in [7, 11) is 3.67. The summed E-state index contributed by atoms with van der Waals surface area (Å²) in [4.78, 5) is 9.09. The van der Waals surface area contributed by atoms with Crippen molar-refractivity contribution < 1.29 is 9.50 Å². The molecule has 0 amide bonds. The predicted octanol–water partition coefficient (Wildman–Crippen LogP) is 2.50. The van der Waals surface area contributed by atoms with Crippen molar-refractivity contribution in [2.75, 3.05) is 19.0 Å². The molecule has 0 spiro atoms. The van der Waals surface area contributed by atoms with Crippen molar-refractivity contribution >= 4 is 18.2 Å². The first-order valence-electron chi connectivity index (χ1n) is 5.70. The van der Waals surface area contributed by atoms with Crippen LogP contribution in [0.3, 0.4) is 0 Å². The number of hydrogen-bond acceptors (Lipinski definition) is 4. The van der Waals surface area contributed by atoms with Gasteiger partial charge in [-0.2, -0.15) is 0 Å². The van der Waals surface area contributed by atoms with E-state index in [0.717, 1.165) is 5.56 Å². The van der Waals surface area contributed by atoms with Gasteiger partial charge in [-0.25, -0.2) is 9.37 Å². The Balaban J connectivity index is 2.66. The standard InChI is InChI=1S/C13H14FN3OS/c1-17(2)13-15-11(10(7-18)12(19)16-13)8-3-5-9(14)6-4-8/h3-6,18H,7H2,1-2H3,(H,15,16,19). The van der Waals surface area contributed by atoms with Crippen LogP contribution in [0.4, 0.5) is 10.3 Å². The van der Waals surface area contributed by atoms with E-state index in [2.05, 4.69) is 9.97 Å². The van der Waals surface area contributed by atoms with Crippen LogP contribution in [-0.4, -0.2) is 29.2 Å². The molecule has 100 valence electrons. The Morgan fingerprint density at radius 3 is 2.47 bits per heavy atom. The molecule has 0 aliphatic carbocycles. The molecule has 0 aliphatic rings. The largest absolute Gasteiger partial charge is 0.391 e. The summed E-state index contributed by atoms with van der Waals surface area (Å²) in [6, 6.07) is 6.00. The zero-order valence-corrected chi connectivity index (χ0v) is 11.5. The minimum atomic E-state index is -0.310. The third-order valence-electron chi connectivity index (χ3n) is 2.72. The lowest BCUT2D eigenvalue weighted by molar-refractivity contribution is 0.281. The molecule has 0 saturated heterocycles. The summed E-state index contributed by atoms with van der Waals surface area (Å²) in [5, 5.41) is 9.43. The molecule has 0 unspecified atom stereocenters. The van der Waals surface area contributed by atoms with E-state index >= 15 is 0 Å². The van der Waals surface area contributed by atoms with Gasteiger partial charge in [-0.3, -0.25) is 0 Å². The molecule has 0 atom stereocenters. The van der Waals surface area contributed by atoms with E-state index in [1.54, 1.807) is 17.0 Å². The van der Waals surface area contributed by atoms with Crippen molar-refractivity contribution in [3.63, 3.8) is 0 Å². The second-order valence-electron chi connectivity index (χ2n) is 4.28. The van der Waals surface area contributed by atoms with Crippen molar-refractivity contribution in [1.82, 2.24) is 9.97 Å². The van der Waals surface area contributed by atoms with Crippen molar-refractivity contribution in [2.45, 2.75) is 6.61 Å². The molecule has 2 rings (SSSR count). The number of H-pyrrole nitrogens is 1.